The number of hydrogen-bond acceptors (Lipinski definition) is 4. The maximum atomic E-state index is 13.6. The number of carboxylic acid groups (broad SMARTS) is 1. The van der Waals surface area contributed by atoms with Crippen molar-refractivity contribution in [3.8, 4) is 0 Å². The molecular weight excluding hydrogens is 470 g/mol. The summed E-state index contributed by atoms with van der Waals surface area (Å²) < 4.78 is 55.3. The van der Waals surface area contributed by atoms with E-state index in [0.29, 0.717) is 11.4 Å². The number of carbonyl (C=O) groups is 2. The van der Waals surface area contributed by atoms with Crippen LogP contribution < -0.4 is 10.6 Å². The van der Waals surface area contributed by atoms with E-state index in [1.54, 1.807) is 22.9 Å². The van der Waals surface area contributed by atoms with Gasteiger partial charge in [-0.25, -0.2) is 32.3 Å². The Hall–Kier alpha value is -2.92. The molecule has 3 aliphatic rings. The average Bonchev–Trinajstić information content (AvgIpc) is 3.66. The zero-order valence-electron chi connectivity index (χ0n) is 18.9. The van der Waals surface area contributed by atoms with Gasteiger partial charge in [-0.05, 0) is 43.6 Å². The molecule has 0 spiro atoms. The molecule has 2 aromatic heterocycles. The van der Waals surface area contributed by atoms with E-state index < -0.39 is 41.8 Å². The second-order valence-corrected chi connectivity index (χ2v) is 10.1. The van der Waals surface area contributed by atoms with Crippen molar-refractivity contribution in [3.05, 3.63) is 29.8 Å². The summed E-state index contributed by atoms with van der Waals surface area (Å²) in [6.07, 6.45) is 3.05. The van der Waals surface area contributed by atoms with Crippen molar-refractivity contribution in [2.24, 2.45) is 17.8 Å². The van der Waals surface area contributed by atoms with Crippen LogP contribution in [0.15, 0.2) is 18.5 Å². The monoisotopic (exact) mass is 497 g/mol. The topological polar surface area (TPSA) is 109 Å². The summed E-state index contributed by atoms with van der Waals surface area (Å²) in [4.78, 5) is 32.8. The number of hydrogen-bond donors (Lipinski definition) is 3. The molecule has 3 aliphatic carbocycles. The third-order valence-corrected chi connectivity index (χ3v) is 7.31. The summed E-state index contributed by atoms with van der Waals surface area (Å²) in [6.45, 7) is 0. The molecular formula is C23H27F4N5O3. The molecule has 0 aromatic carbocycles. The van der Waals surface area contributed by atoms with Crippen molar-refractivity contribution in [2.45, 2.75) is 75.3 Å². The minimum absolute atomic E-state index is 0.161. The lowest BCUT2D eigenvalue weighted by molar-refractivity contribution is -0.123. The highest BCUT2D eigenvalue weighted by atomic mass is 19.3. The molecule has 0 aliphatic heterocycles. The molecule has 2 aromatic rings. The molecule has 3 saturated carbocycles. The molecule has 5 rings (SSSR count). The summed E-state index contributed by atoms with van der Waals surface area (Å²) in [5, 5.41) is 14.6. The molecule has 12 heteroatoms. The van der Waals surface area contributed by atoms with Crippen LogP contribution in [0.3, 0.4) is 0 Å². The first-order valence-electron chi connectivity index (χ1n) is 11.9. The Bertz CT molecular complexity index is 1130. The van der Waals surface area contributed by atoms with Crippen LogP contribution in [0.5, 0.6) is 0 Å². The lowest BCUT2D eigenvalue weighted by Gasteiger charge is -2.32. The van der Waals surface area contributed by atoms with Crippen LogP contribution in [-0.2, 0) is 4.79 Å². The smallest absolute Gasteiger partial charge is 0.405 e. The van der Waals surface area contributed by atoms with Crippen LogP contribution >= 0.6 is 0 Å². The van der Waals surface area contributed by atoms with Crippen LogP contribution in [0.1, 0.15) is 74.8 Å². The third kappa shape index (κ3) is 5.35. The molecule has 3 unspecified atom stereocenters. The fraction of sp³-hybridized carbons (Fsp3) is 0.652. The Morgan fingerprint density at radius 1 is 1.03 bits per heavy atom. The standard InChI is InChI=1S/C23H27F4N5O3/c24-22(25)6-3-13(4-7-22)19(31-21(34)35)16-11-32-8-5-15(28-20(32)29-16)18(12-1-2-12)30-17(33)9-14-10-23(14,26)27/h5,8,11-14,18-19,31H,1-4,6-7,9-10H2,(H,30,33)(H,34,35). The molecule has 3 N–H and O–H groups in total. The minimum atomic E-state index is -2.76. The Kier molecular flexibility index (Phi) is 5.87. The van der Waals surface area contributed by atoms with Gasteiger partial charge >= 0.3 is 6.09 Å². The zero-order chi connectivity index (χ0) is 25.0. The van der Waals surface area contributed by atoms with E-state index in [1.165, 1.54) is 0 Å². The predicted molar refractivity (Wildman–Crippen MR) is 115 cm³/mol. The second-order valence-electron chi connectivity index (χ2n) is 10.1. The molecule has 3 fully saturated rings. The van der Waals surface area contributed by atoms with E-state index >= 15 is 0 Å². The fourth-order valence-electron chi connectivity index (χ4n) is 5.00. The molecule has 0 saturated heterocycles. The molecule has 0 bridgehead atoms. The van der Waals surface area contributed by atoms with Gasteiger partial charge in [0.25, 0.3) is 5.92 Å². The van der Waals surface area contributed by atoms with Crippen molar-refractivity contribution >= 4 is 17.8 Å². The van der Waals surface area contributed by atoms with Crippen LogP contribution in [-0.4, -0.2) is 43.3 Å². The summed E-state index contributed by atoms with van der Waals surface area (Å²) >= 11 is 0. The number of fused-ring (bicyclic) bond motifs is 1. The molecule has 3 atom stereocenters. The molecule has 0 radical (unpaired) electrons. The number of imidazole rings is 1. The van der Waals surface area contributed by atoms with Gasteiger partial charge < -0.3 is 15.7 Å². The van der Waals surface area contributed by atoms with E-state index in [4.69, 9.17) is 0 Å². The Morgan fingerprint density at radius 2 is 1.63 bits per heavy atom. The van der Waals surface area contributed by atoms with E-state index in [0.717, 1.165) is 12.8 Å². The average molecular weight is 497 g/mol. The number of carbonyl (C=O) groups excluding carboxylic acids is 1. The quantitative estimate of drug-likeness (QED) is 0.466. The number of nitrogens with one attached hydrogen (secondary N) is 2. The SMILES string of the molecule is O=C(O)NC(c1cn2ccc(C(NC(=O)CC3CC3(F)F)C3CC3)nc2n1)C1CCC(F)(F)CC1. The van der Waals surface area contributed by atoms with Crippen LogP contribution in [0.2, 0.25) is 0 Å². The lowest BCUT2D eigenvalue weighted by Crippen LogP contribution is -2.36. The van der Waals surface area contributed by atoms with Crippen molar-refractivity contribution in [3.63, 3.8) is 0 Å². The number of halogens is 4. The highest BCUT2D eigenvalue weighted by Crippen LogP contribution is 2.51. The third-order valence-electron chi connectivity index (χ3n) is 7.31. The van der Waals surface area contributed by atoms with Gasteiger partial charge in [-0.15, -0.1) is 0 Å². The minimum Gasteiger partial charge on any atom is -0.465 e. The van der Waals surface area contributed by atoms with Crippen LogP contribution in [0.25, 0.3) is 5.78 Å². The summed E-state index contributed by atoms with van der Waals surface area (Å²) in [5.74, 6) is -6.73. The van der Waals surface area contributed by atoms with Gasteiger partial charge in [-0.2, -0.15) is 0 Å². The Morgan fingerprint density at radius 3 is 2.23 bits per heavy atom. The first-order valence-corrected chi connectivity index (χ1v) is 11.9. The van der Waals surface area contributed by atoms with Gasteiger partial charge in [0.1, 0.15) is 0 Å². The second kappa shape index (κ2) is 8.63. The number of nitrogens with zero attached hydrogens (tertiary/aromatic N) is 3. The molecule has 190 valence electrons. The van der Waals surface area contributed by atoms with E-state index in [-0.39, 0.29) is 56.1 Å². The Labute approximate surface area is 198 Å². The molecule has 35 heavy (non-hydrogen) atoms. The van der Waals surface area contributed by atoms with Gasteiger partial charge in [0.2, 0.25) is 17.6 Å². The van der Waals surface area contributed by atoms with Crippen LogP contribution in [0.4, 0.5) is 22.4 Å². The van der Waals surface area contributed by atoms with Gasteiger partial charge in [-0.3, -0.25) is 9.20 Å². The highest BCUT2D eigenvalue weighted by Gasteiger charge is 2.57. The first-order chi connectivity index (χ1) is 16.5. The largest absolute Gasteiger partial charge is 0.465 e. The van der Waals surface area contributed by atoms with Gasteiger partial charge in [0, 0.05) is 44.0 Å². The first kappa shape index (κ1) is 23.8. The number of alkyl halides is 4. The number of aromatic nitrogens is 3. The molecule has 2 heterocycles. The summed E-state index contributed by atoms with van der Waals surface area (Å²) in [7, 11) is 0. The van der Waals surface area contributed by atoms with Crippen molar-refractivity contribution < 1.29 is 32.3 Å². The van der Waals surface area contributed by atoms with Gasteiger partial charge in [0.15, 0.2) is 0 Å². The zero-order valence-corrected chi connectivity index (χ0v) is 18.9. The highest BCUT2D eigenvalue weighted by molar-refractivity contribution is 5.77. The normalized spacial score (nSPS) is 25.1. The summed E-state index contributed by atoms with van der Waals surface area (Å²) in [5.41, 5.74) is 0.934. The maximum absolute atomic E-state index is 13.6. The molecule has 2 amide bonds. The van der Waals surface area contributed by atoms with Gasteiger partial charge in [0.05, 0.1) is 23.5 Å². The molecule has 8 nitrogen and oxygen atoms in total. The van der Waals surface area contributed by atoms with Crippen molar-refractivity contribution in [2.75, 3.05) is 0 Å². The number of amides is 2. The Balaban J connectivity index is 1.35. The maximum Gasteiger partial charge on any atom is 0.405 e. The van der Waals surface area contributed by atoms with E-state index in [1.807, 2.05) is 0 Å². The van der Waals surface area contributed by atoms with E-state index in [9.17, 15) is 32.3 Å². The predicted octanol–water partition coefficient (Wildman–Crippen LogP) is 4.48. The summed E-state index contributed by atoms with van der Waals surface area (Å²) in [6, 6.07) is 0.537. The number of rotatable bonds is 8. The van der Waals surface area contributed by atoms with Crippen molar-refractivity contribution in [1.82, 2.24) is 25.0 Å². The van der Waals surface area contributed by atoms with Crippen LogP contribution in [0, 0.1) is 17.8 Å². The lowest BCUT2D eigenvalue weighted by atomic mass is 9.81. The fourth-order valence-corrected chi connectivity index (χ4v) is 5.00. The van der Waals surface area contributed by atoms with Crippen molar-refractivity contribution in [1.29, 1.82) is 0 Å². The van der Waals surface area contributed by atoms with Gasteiger partial charge in [-0.1, -0.05) is 0 Å². The van der Waals surface area contributed by atoms with E-state index in [2.05, 4.69) is 20.6 Å².